The smallest absolute Gasteiger partial charge is 0.333 e. The normalized spacial score (nSPS) is 15.2. The van der Waals surface area contributed by atoms with Gasteiger partial charge in [-0.3, -0.25) is 13.9 Å². The maximum atomic E-state index is 13.7. The summed E-state index contributed by atoms with van der Waals surface area (Å²) in [7, 11) is 1.77. The maximum absolute atomic E-state index is 13.7. The maximum Gasteiger partial charge on any atom is 0.333 e. The lowest BCUT2D eigenvalue weighted by Gasteiger charge is -2.23. The second-order valence-electron chi connectivity index (χ2n) is 11.3. The fourth-order valence-corrected chi connectivity index (χ4v) is 5.86. The number of anilines is 1. The van der Waals surface area contributed by atoms with Crippen LogP contribution in [0.4, 0.5) is 5.69 Å². The molecule has 1 aliphatic rings. The number of nitrogens with zero attached hydrogens (tertiary/aromatic N) is 4. The lowest BCUT2D eigenvalue weighted by molar-refractivity contribution is -0.138. The molecule has 226 valence electrons. The lowest BCUT2D eigenvalue weighted by atomic mass is 9.97. The van der Waals surface area contributed by atoms with Gasteiger partial charge in [-0.2, -0.15) is 4.98 Å². The van der Waals surface area contributed by atoms with Crippen molar-refractivity contribution >= 4 is 22.7 Å². The van der Waals surface area contributed by atoms with E-state index >= 15 is 0 Å². The van der Waals surface area contributed by atoms with Gasteiger partial charge in [0.2, 0.25) is 11.8 Å². The molecule has 0 spiro atoms. The van der Waals surface area contributed by atoms with E-state index in [-0.39, 0.29) is 24.6 Å². The number of pyridine rings is 1. The average Bonchev–Trinajstić information content (AvgIpc) is 3.16. The molecule has 0 aliphatic carbocycles. The minimum absolute atomic E-state index is 0.188. The molecule has 0 radical (unpaired) electrons. The third kappa shape index (κ3) is 6.46. The number of carboxylic acid groups (broad SMARTS) is 1. The van der Waals surface area contributed by atoms with Gasteiger partial charge in [0.15, 0.2) is 0 Å². The Kier molecular flexibility index (Phi) is 8.63. The number of benzene rings is 3. The van der Waals surface area contributed by atoms with Crippen molar-refractivity contribution in [1.82, 2.24) is 14.1 Å². The van der Waals surface area contributed by atoms with E-state index in [1.165, 1.54) is 0 Å². The molecule has 1 atom stereocenters. The number of carbonyl (C=O) groups is 1. The Labute approximate surface area is 255 Å². The van der Waals surface area contributed by atoms with Gasteiger partial charge in [0.05, 0.1) is 11.0 Å². The van der Waals surface area contributed by atoms with E-state index in [4.69, 9.17) is 14.5 Å². The Morgan fingerprint density at radius 1 is 0.864 bits per heavy atom. The largest absolute Gasteiger partial charge is 0.481 e. The summed E-state index contributed by atoms with van der Waals surface area (Å²) >= 11 is 0. The second-order valence-corrected chi connectivity index (χ2v) is 11.3. The first-order chi connectivity index (χ1) is 21.5. The van der Waals surface area contributed by atoms with Crippen LogP contribution in [0.5, 0.6) is 11.8 Å². The predicted octanol–water partition coefficient (Wildman–Crippen LogP) is 5.96. The van der Waals surface area contributed by atoms with E-state index in [0.29, 0.717) is 24.1 Å². The summed E-state index contributed by atoms with van der Waals surface area (Å²) in [6, 6.07) is 29.3. The molecule has 1 unspecified atom stereocenters. The van der Waals surface area contributed by atoms with Gasteiger partial charge in [0.1, 0.15) is 18.9 Å². The lowest BCUT2D eigenvalue weighted by Crippen LogP contribution is -2.24. The number of hydrogen-bond acceptors (Lipinski definition) is 6. The fraction of sp³-hybridized carbons (Fsp3) is 0.286. The van der Waals surface area contributed by atoms with Crippen molar-refractivity contribution in [2.75, 3.05) is 18.0 Å². The molecule has 3 heterocycles. The summed E-state index contributed by atoms with van der Waals surface area (Å²) in [6.45, 7) is 2.27. The van der Waals surface area contributed by atoms with Crippen LogP contribution in [0.2, 0.25) is 0 Å². The molecule has 44 heavy (non-hydrogen) atoms. The van der Waals surface area contributed by atoms with Gasteiger partial charge in [-0.1, -0.05) is 60.7 Å². The van der Waals surface area contributed by atoms with E-state index < -0.39 is 5.97 Å². The molecule has 3 aromatic carbocycles. The van der Waals surface area contributed by atoms with E-state index in [9.17, 15) is 14.7 Å². The number of aromatic nitrogens is 3. The number of hydrogen-bond donors (Lipinski definition) is 1. The molecule has 1 N–H and O–H groups in total. The Morgan fingerprint density at radius 3 is 2.27 bits per heavy atom. The molecule has 1 aliphatic heterocycles. The number of carboxylic acids is 1. The predicted molar refractivity (Wildman–Crippen MR) is 170 cm³/mol. The average molecular weight is 593 g/mol. The summed E-state index contributed by atoms with van der Waals surface area (Å²) in [5, 5.41) is 9.24. The number of aliphatic carboxylic acids is 1. The first kappa shape index (κ1) is 29.0. The van der Waals surface area contributed by atoms with Gasteiger partial charge in [-0.05, 0) is 60.6 Å². The Hall–Kier alpha value is -5.05. The van der Waals surface area contributed by atoms with E-state index in [1.54, 1.807) is 22.2 Å². The van der Waals surface area contributed by atoms with Crippen LogP contribution in [0.1, 0.15) is 36.8 Å². The summed E-state index contributed by atoms with van der Waals surface area (Å²) in [6.07, 6.45) is 2.88. The molecule has 9 heteroatoms. The molecule has 0 amide bonds. The third-order valence-electron chi connectivity index (χ3n) is 8.22. The molecule has 1 fully saturated rings. The number of fused-ring (bicyclic) bond motifs is 1. The highest BCUT2D eigenvalue weighted by Crippen LogP contribution is 2.31. The van der Waals surface area contributed by atoms with Crippen molar-refractivity contribution < 1.29 is 19.4 Å². The number of aryl methyl sites for hydroxylation is 1. The van der Waals surface area contributed by atoms with Crippen molar-refractivity contribution in [3.05, 3.63) is 113 Å². The highest BCUT2D eigenvalue weighted by molar-refractivity contribution is 5.82. The molecule has 0 bridgehead atoms. The first-order valence-corrected chi connectivity index (χ1v) is 15.0. The summed E-state index contributed by atoms with van der Waals surface area (Å²) in [4.78, 5) is 32.0. The van der Waals surface area contributed by atoms with Crippen LogP contribution in [-0.4, -0.2) is 38.3 Å². The zero-order valence-corrected chi connectivity index (χ0v) is 24.8. The zero-order chi connectivity index (χ0) is 30.5. The topological polar surface area (TPSA) is 98.8 Å². The van der Waals surface area contributed by atoms with Crippen molar-refractivity contribution in [2.24, 2.45) is 13.0 Å². The van der Waals surface area contributed by atoms with Crippen LogP contribution in [0.15, 0.2) is 95.8 Å². The van der Waals surface area contributed by atoms with Crippen LogP contribution in [0, 0.1) is 5.92 Å². The van der Waals surface area contributed by atoms with Gasteiger partial charge in [-0.25, -0.2) is 4.79 Å². The molecule has 0 saturated carbocycles. The van der Waals surface area contributed by atoms with Crippen molar-refractivity contribution in [2.45, 2.75) is 38.9 Å². The van der Waals surface area contributed by atoms with Crippen LogP contribution in [0.3, 0.4) is 0 Å². The molecule has 5 aromatic rings. The Bertz CT molecular complexity index is 1800. The molecule has 9 nitrogen and oxygen atoms in total. The monoisotopic (exact) mass is 592 g/mol. The summed E-state index contributed by atoms with van der Waals surface area (Å²) < 4.78 is 15.5. The second kappa shape index (κ2) is 13.1. The Balaban J connectivity index is 1.32. The van der Waals surface area contributed by atoms with E-state index in [1.807, 2.05) is 84.9 Å². The third-order valence-corrected chi connectivity index (χ3v) is 8.22. The molecule has 1 saturated heterocycles. The standard InChI is InChI=1S/C35H36N4O5/c1-37-31-22-28(38-19-8-13-25(18-20-38)21-33(40)41)14-15-29(31)39(35(37)42)30-16-17-32(43-23-26-9-4-2-5-10-26)36-34(30)44-24-27-11-6-3-7-12-27/h2-7,9-12,14-17,22,25H,8,13,18-21,23-24H2,1H3,(H,40,41). The van der Waals surface area contributed by atoms with Crippen molar-refractivity contribution in [3.63, 3.8) is 0 Å². The van der Waals surface area contributed by atoms with Crippen molar-refractivity contribution in [3.8, 4) is 17.4 Å². The molecule has 6 rings (SSSR count). The van der Waals surface area contributed by atoms with Crippen LogP contribution < -0.4 is 20.1 Å². The van der Waals surface area contributed by atoms with Crippen LogP contribution >= 0.6 is 0 Å². The fourth-order valence-electron chi connectivity index (χ4n) is 5.86. The molecular weight excluding hydrogens is 556 g/mol. The van der Waals surface area contributed by atoms with Gasteiger partial charge in [-0.15, -0.1) is 0 Å². The number of ether oxygens (including phenoxy) is 2. The molecule has 2 aromatic heterocycles. The van der Waals surface area contributed by atoms with Crippen LogP contribution in [0.25, 0.3) is 16.7 Å². The van der Waals surface area contributed by atoms with Gasteiger partial charge >= 0.3 is 11.7 Å². The van der Waals surface area contributed by atoms with Crippen LogP contribution in [-0.2, 0) is 25.1 Å². The zero-order valence-electron chi connectivity index (χ0n) is 24.8. The molecular formula is C35H36N4O5. The highest BCUT2D eigenvalue weighted by Gasteiger charge is 2.22. The van der Waals surface area contributed by atoms with E-state index in [2.05, 4.69) is 4.90 Å². The van der Waals surface area contributed by atoms with Crippen molar-refractivity contribution in [1.29, 1.82) is 0 Å². The van der Waals surface area contributed by atoms with Gasteiger partial charge in [0, 0.05) is 38.3 Å². The Morgan fingerprint density at radius 2 is 1.57 bits per heavy atom. The minimum Gasteiger partial charge on any atom is -0.481 e. The van der Waals surface area contributed by atoms with Gasteiger partial charge in [0.25, 0.3) is 0 Å². The minimum atomic E-state index is -0.737. The quantitative estimate of drug-likeness (QED) is 0.214. The van der Waals surface area contributed by atoms with E-state index in [0.717, 1.165) is 60.2 Å². The number of rotatable bonds is 10. The first-order valence-electron chi connectivity index (χ1n) is 15.0. The van der Waals surface area contributed by atoms with Gasteiger partial charge < -0.3 is 19.5 Å². The number of imidazole rings is 1. The SMILES string of the molecule is Cn1c(=O)n(-c2ccc(OCc3ccccc3)nc2OCc2ccccc2)c2ccc(N3CCCC(CC(=O)O)CC3)cc21. The highest BCUT2D eigenvalue weighted by atomic mass is 16.5. The summed E-state index contributed by atoms with van der Waals surface area (Å²) in [5.74, 6) is 0.153. The summed E-state index contributed by atoms with van der Waals surface area (Å²) in [5.41, 5.74) is 4.87.